The van der Waals surface area contributed by atoms with Crippen LogP contribution in [0.5, 0.6) is 0 Å². The zero-order valence-corrected chi connectivity index (χ0v) is 13.9. The number of hydrogen-bond acceptors (Lipinski definition) is 2. The fourth-order valence-electron chi connectivity index (χ4n) is 3.71. The third-order valence-electron chi connectivity index (χ3n) is 5.00. The number of carbonyl (C=O) groups excluding carboxylic acids is 1. The SMILES string of the molecule is CCc1cccc2c(C(=O)N3CCC[C@H](n4cccn4)C3)c[nH]c12. The molecule has 3 heterocycles. The van der Waals surface area contributed by atoms with E-state index in [0.717, 1.165) is 48.8 Å². The minimum atomic E-state index is 0.117. The number of likely N-dealkylation sites (tertiary alicyclic amines) is 1. The predicted molar refractivity (Wildman–Crippen MR) is 94.1 cm³/mol. The molecule has 0 unspecified atom stereocenters. The van der Waals surface area contributed by atoms with Crippen molar-refractivity contribution in [2.75, 3.05) is 13.1 Å². The van der Waals surface area contributed by atoms with Crippen molar-refractivity contribution in [2.45, 2.75) is 32.2 Å². The molecule has 1 aromatic carbocycles. The zero-order chi connectivity index (χ0) is 16.5. The van der Waals surface area contributed by atoms with Gasteiger partial charge in [0.05, 0.1) is 11.6 Å². The first-order chi connectivity index (χ1) is 11.8. The number of amides is 1. The van der Waals surface area contributed by atoms with Gasteiger partial charge in [0.1, 0.15) is 0 Å². The first kappa shape index (κ1) is 15.0. The summed E-state index contributed by atoms with van der Waals surface area (Å²) in [6, 6.07) is 8.39. The van der Waals surface area contributed by atoms with Gasteiger partial charge in [0, 0.05) is 42.6 Å². The van der Waals surface area contributed by atoms with Crippen LogP contribution < -0.4 is 0 Å². The number of aryl methyl sites for hydroxylation is 1. The number of hydrogen-bond donors (Lipinski definition) is 1. The van der Waals surface area contributed by atoms with Crippen LogP contribution in [0.3, 0.4) is 0 Å². The number of aromatic nitrogens is 3. The topological polar surface area (TPSA) is 53.9 Å². The molecule has 1 saturated heterocycles. The lowest BCUT2D eigenvalue weighted by Crippen LogP contribution is -2.40. The van der Waals surface area contributed by atoms with Crippen LogP contribution in [0, 0.1) is 0 Å². The summed E-state index contributed by atoms with van der Waals surface area (Å²) in [6.45, 7) is 3.67. The number of nitrogens with one attached hydrogen (secondary N) is 1. The Morgan fingerprint density at radius 3 is 3.08 bits per heavy atom. The highest BCUT2D eigenvalue weighted by Gasteiger charge is 2.27. The number of benzene rings is 1. The molecule has 5 nitrogen and oxygen atoms in total. The van der Waals surface area contributed by atoms with Crippen LogP contribution in [0.2, 0.25) is 0 Å². The van der Waals surface area contributed by atoms with E-state index in [4.69, 9.17) is 0 Å². The summed E-state index contributed by atoms with van der Waals surface area (Å²) in [5.41, 5.74) is 3.12. The number of H-pyrrole nitrogens is 1. The second-order valence-electron chi connectivity index (χ2n) is 6.43. The van der Waals surface area contributed by atoms with Crippen molar-refractivity contribution in [3.63, 3.8) is 0 Å². The monoisotopic (exact) mass is 322 g/mol. The Morgan fingerprint density at radius 1 is 1.38 bits per heavy atom. The van der Waals surface area contributed by atoms with Gasteiger partial charge in [-0.2, -0.15) is 5.10 Å². The number of para-hydroxylation sites is 1. The molecule has 124 valence electrons. The molecule has 4 rings (SSSR count). The van der Waals surface area contributed by atoms with Crippen molar-refractivity contribution >= 4 is 16.8 Å². The second kappa shape index (κ2) is 6.15. The lowest BCUT2D eigenvalue weighted by atomic mass is 10.0. The summed E-state index contributed by atoms with van der Waals surface area (Å²) in [5, 5.41) is 5.37. The Kier molecular flexibility index (Phi) is 3.84. The first-order valence-electron chi connectivity index (χ1n) is 8.65. The molecule has 0 aliphatic carbocycles. The molecule has 0 saturated carbocycles. The van der Waals surface area contributed by atoms with Crippen LogP contribution in [0.1, 0.15) is 41.7 Å². The quantitative estimate of drug-likeness (QED) is 0.803. The Bertz CT molecular complexity index is 850. The molecule has 1 amide bonds. The molecule has 5 heteroatoms. The van der Waals surface area contributed by atoms with Gasteiger partial charge in [0.2, 0.25) is 0 Å². The predicted octanol–water partition coefficient (Wildman–Crippen LogP) is 3.40. The van der Waals surface area contributed by atoms with Crippen molar-refractivity contribution in [3.8, 4) is 0 Å². The molecule has 0 bridgehead atoms. The average molecular weight is 322 g/mol. The standard InChI is InChI=1S/C19H22N4O/c1-2-14-6-3-8-16-17(12-20-18(14)16)19(24)22-10-4-7-15(13-22)23-11-5-9-21-23/h3,5-6,8-9,11-12,15,20H,2,4,7,10,13H2,1H3/t15-/m0/s1. The van der Waals surface area contributed by atoms with Gasteiger partial charge < -0.3 is 9.88 Å². The molecule has 1 aliphatic heterocycles. The van der Waals surface area contributed by atoms with Gasteiger partial charge >= 0.3 is 0 Å². The number of fused-ring (bicyclic) bond motifs is 1. The highest BCUT2D eigenvalue weighted by Crippen LogP contribution is 2.26. The van der Waals surface area contributed by atoms with E-state index in [9.17, 15) is 4.79 Å². The fourth-order valence-corrected chi connectivity index (χ4v) is 3.71. The van der Waals surface area contributed by atoms with Crippen molar-refractivity contribution in [2.24, 2.45) is 0 Å². The molecule has 3 aromatic rings. The highest BCUT2D eigenvalue weighted by atomic mass is 16.2. The Labute approximate surface area is 141 Å². The van der Waals surface area contributed by atoms with E-state index >= 15 is 0 Å². The van der Waals surface area contributed by atoms with E-state index in [2.05, 4.69) is 23.1 Å². The van der Waals surface area contributed by atoms with Gasteiger partial charge in [-0.25, -0.2) is 0 Å². The van der Waals surface area contributed by atoms with Crippen molar-refractivity contribution < 1.29 is 4.79 Å². The maximum absolute atomic E-state index is 13.1. The van der Waals surface area contributed by atoms with Crippen LogP contribution in [0.15, 0.2) is 42.9 Å². The Balaban J connectivity index is 1.62. The smallest absolute Gasteiger partial charge is 0.256 e. The van der Waals surface area contributed by atoms with Gasteiger partial charge in [0.15, 0.2) is 0 Å². The maximum Gasteiger partial charge on any atom is 0.256 e. The summed E-state index contributed by atoms with van der Waals surface area (Å²) in [6.07, 6.45) is 8.68. The van der Waals surface area contributed by atoms with E-state index in [-0.39, 0.29) is 11.9 Å². The van der Waals surface area contributed by atoms with Gasteiger partial charge in [-0.05, 0) is 30.9 Å². The molecule has 0 spiro atoms. The van der Waals surface area contributed by atoms with E-state index in [1.807, 2.05) is 40.2 Å². The van der Waals surface area contributed by atoms with Crippen LogP contribution in [0.25, 0.3) is 10.9 Å². The number of nitrogens with zero attached hydrogens (tertiary/aromatic N) is 3. The number of carbonyl (C=O) groups is 1. The molecule has 1 aliphatic rings. The largest absolute Gasteiger partial charge is 0.360 e. The van der Waals surface area contributed by atoms with Gasteiger partial charge in [-0.3, -0.25) is 9.48 Å². The van der Waals surface area contributed by atoms with E-state index in [1.165, 1.54) is 5.56 Å². The lowest BCUT2D eigenvalue weighted by molar-refractivity contribution is 0.0675. The van der Waals surface area contributed by atoms with Gasteiger partial charge in [-0.1, -0.05) is 25.1 Å². The molecule has 1 fully saturated rings. The van der Waals surface area contributed by atoms with Gasteiger partial charge in [0.25, 0.3) is 5.91 Å². The van der Waals surface area contributed by atoms with Crippen molar-refractivity contribution in [3.05, 3.63) is 54.0 Å². The zero-order valence-electron chi connectivity index (χ0n) is 13.9. The third-order valence-corrected chi connectivity index (χ3v) is 5.00. The highest BCUT2D eigenvalue weighted by molar-refractivity contribution is 6.07. The fraction of sp³-hybridized carbons (Fsp3) is 0.368. The van der Waals surface area contributed by atoms with Crippen LogP contribution >= 0.6 is 0 Å². The number of piperidine rings is 1. The van der Waals surface area contributed by atoms with Gasteiger partial charge in [-0.15, -0.1) is 0 Å². The Morgan fingerprint density at radius 2 is 2.29 bits per heavy atom. The van der Waals surface area contributed by atoms with Crippen LogP contribution in [-0.2, 0) is 6.42 Å². The number of aromatic amines is 1. The third kappa shape index (κ3) is 2.50. The van der Waals surface area contributed by atoms with Crippen molar-refractivity contribution in [1.82, 2.24) is 19.7 Å². The molecule has 24 heavy (non-hydrogen) atoms. The lowest BCUT2D eigenvalue weighted by Gasteiger charge is -2.32. The molecular weight excluding hydrogens is 300 g/mol. The molecule has 2 aromatic heterocycles. The van der Waals surface area contributed by atoms with Crippen LogP contribution in [0.4, 0.5) is 0 Å². The van der Waals surface area contributed by atoms with Crippen molar-refractivity contribution in [1.29, 1.82) is 0 Å². The summed E-state index contributed by atoms with van der Waals surface area (Å²) in [5.74, 6) is 0.117. The molecular formula is C19H22N4O. The minimum absolute atomic E-state index is 0.117. The first-order valence-corrected chi connectivity index (χ1v) is 8.65. The Hall–Kier alpha value is -2.56. The summed E-state index contributed by atoms with van der Waals surface area (Å²) < 4.78 is 1.98. The average Bonchev–Trinajstić information content (AvgIpc) is 3.30. The molecule has 0 radical (unpaired) electrons. The van der Waals surface area contributed by atoms with E-state index < -0.39 is 0 Å². The van der Waals surface area contributed by atoms with E-state index in [1.54, 1.807) is 6.20 Å². The molecule has 1 atom stereocenters. The minimum Gasteiger partial charge on any atom is -0.360 e. The summed E-state index contributed by atoms with van der Waals surface area (Å²) >= 11 is 0. The van der Waals surface area contributed by atoms with E-state index in [0.29, 0.717) is 0 Å². The second-order valence-corrected chi connectivity index (χ2v) is 6.43. The summed E-state index contributed by atoms with van der Waals surface area (Å²) in [4.78, 5) is 18.3. The molecule has 1 N–H and O–H groups in total. The van der Waals surface area contributed by atoms with Crippen LogP contribution in [-0.4, -0.2) is 38.7 Å². The number of rotatable bonds is 3. The maximum atomic E-state index is 13.1. The normalized spacial score (nSPS) is 18.2. The summed E-state index contributed by atoms with van der Waals surface area (Å²) in [7, 11) is 0.